The quantitative estimate of drug-likeness (QED) is 0.466. The van der Waals surface area contributed by atoms with Crippen LogP contribution < -0.4 is 10.7 Å². The number of nitrogens with one attached hydrogen (secondary N) is 2. The smallest absolute Gasteiger partial charge is 0.249 e. The van der Waals surface area contributed by atoms with E-state index in [1.807, 2.05) is 30.3 Å². The summed E-state index contributed by atoms with van der Waals surface area (Å²) in [5.74, 6) is -0.734. The van der Waals surface area contributed by atoms with Gasteiger partial charge >= 0.3 is 0 Å². The molecule has 1 aromatic carbocycles. The normalized spacial score (nSPS) is 9.44. The molecule has 5 nitrogen and oxygen atoms in total. The van der Waals surface area contributed by atoms with Crippen LogP contribution in [0.1, 0.15) is 25.8 Å². The fraction of sp³-hybridized carbons (Fsp3) is 0.308. The van der Waals surface area contributed by atoms with Crippen molar-refractivity contribution in [1.29, 1.82) is 0 Å². The summed E-state index contributed by atoms with van der Waals surface area (Å²) in [7, 11) is 0. The lowest BCUT2D eigenvalue weighted by Gasteiger charge is -2.04. The maximum Gasteiger partial charge on any atom is 0.249 e. The molecule has 0 saturated carbocycles. The number of carbonyl (C=O) groups excluding carboxylic acids is 2. The monoisotopic (exact) mass is 247 g/mol. The molecule has 0 bridgehead atoms. The van der Waals surface area contributed by atoms with Gasteiger partial charge in [0.05, 0.1) is 0 Å². The zero-order chi connectivity index (χ0) is 13.4. The Morgan fingerprint density at radius 1 is 1.11 bits per heavy atom. The molecule has 5 heteroatoms. The molecule has 0 aromatic heterocycles. The zero-order valence-electron chi connectivity index (χ0n) is 10.6. The van der Waals surface area contributed by atoms with Crippen molar-refractivity contribution >= 4 is 17.5 Å². The van der Waals surface area contributed by atoms with E-state index in [1.165, 1.54) is 0 Å². The molecule has 0 radical (unpaired) electrons. The third kappa shape index (κ3) is 5.79. The van der Waals surface area contributed by atoms with Crippen molar-refractivity contribution in [3.8, 4) is 0 Å². The number of nitrogens with zero attached hydrogens (tertiary/aromatic N) is 1. The van der Waals surface area contributed by atoms with E-state index in [0.717, 1.165) is 11.3 Å². The zero-order valence-corrected chi connectivity index (χ0v) is 10.6. The molecular formula is C13H17N3O2. The van der Waals surface area contributed by atoms with Crippen molar-refractivity contribution in [3.63, 3.8) is 0 Å². The Morgan fingerprint density at radius 2 is 1.78 bits per heavy atom. The predicted octanol–water partition coefficient (Wildman–Crippen LogP) is 1.20. The summed E-state index contributed by atoms with van der Waals surface area (Å²) in [5.41, 5.74) is 4.02. The van der Waals surface area contributed by atoms with E-state index >= 15 is 0 Å². The van der Waals surface area contributed by atoms with Crippen LogP contribution in [0.2, 0.25) is 0 Å². The number of carbonyl (C=O) groups is 2. The van der Waals surface area contributed by atoms with Gasteiger partial charge < -0.3 is 5.32 Å². The van der Waals surface area contributed by atoms with Crippen LogP contribution in [0.3, 0.4) is 0 Å². The van der Waals surface area contributed by atoms with Crippen LogP contribution in [0, 0.1) is 0 Å². The number of hydrogen-bond acceptors (Lipinski definition) is 3. The summed E-state index contributed by atoms with van der Waals surface area (Å²) >= 11 is 0. The van der Waals surface area contributed by atoms with E-state index < -0.39 is 5.91 Å². The highest BCUT2D eigenvalue weighted by Gasteiger charge is 2.07. The molecule has 0 aliphatic rings. The van der Waals surface area contributed by atoms with E-state index in [9.17, 15) is 9.59 Å². The minimum absolute atomic E-state index is 0.219. The molecule has 0 fully saturated rings. The highest BCUT2D eigenvalue weighted by atomic mass is 16.2. The first kappa shape index (κ1) is 13.9. The van der Waals surface area contributed by atoms with E-state index in [2.05, 4.69) is 15.8 Å². The second-order valence-electron chi connectivity index (χ2n) is 4.03. The van der Waals surface area contributed by atoms with Gasteiger partial charge in [-0.1, -0.05) is 30.3 Å². The lowest BCUT2D eigenvalue weighted by Crippen LogP contribution is -2.29. The molecule has 2 amide bonds. The Kier molecular flexibility index (Phi) is 5.57. The van der Waals surface area contributed by atoms with Gasteiger partial charge in [-0.2, -0.15) is 5.10 Å². The van der Waals surface area contributed by atoms with Crippen LogP contribution in [-0.2, 0) is 16.1 Å². The van der Waals surface area contributed by atoms with E-state index in [-0.39, 0.29) is 12.3 Å². The van der Waals surface area contributed by atoms with Crippen LogP contribution in [0.15, 0.2) is 35.4 Å². The van der Waals surface area contributed by atoms with Gasteiger partial charge in [0.2, 0.25) is 11.8 Å². The maximum atomic E-state index is 11.5. The minimum Gasteiger partial charge on any atom is -0.352 e. The molecule has 18 heavy (non-hydrogen) atoms. The summed E-state index contributed by atoms with van der Waals surface area (Å²) in [6, 6.07) is 9.51. The Morgan fingerprint density at radius 3 is 2.39 bits per heavy atom. The molecule has 1 aromatic rings. The first-order chi connectivity index (χ1) is 8.58. The second kappa shape index (κ2) is 7.21. The van der Waals surface area contributed by atoms with E-state index in [4.69, 9.17) is 0 Å². The van der Waals surface area contributed by atoms with Gasteiger partial charge in [-0.3, -0.25) is 9.59 Å². The van der Waals surface area contributed by atoms with E-state index in [1.54, 1.807) is 13.8 Å². The summed E-state index contributed by atoms with van der Waals surface area (Å²) in [4.78, 5) is 22.7. The third-order valence-corrected chi connectivity index (χ3v) is 2.06. The van der Waals surface area contributed by atoms with Crippen LogP contribution in [0.25, 0.3) is 0 Å². The van der Waals surface area contributed by atoms with Crippen molar-refractivity contribution in [2.75, 3.05) is 0 Å². The van der Waals surface area contributed by atoms with Gasteiger partial charge in [0.25, 0.3) is 0 Å². The Hall–Kier alpha value is -2.17. The molecule has 0 heterocycles. The van der Waals surface area contributed by atoms with Crippen molar-refractivity contribution in [2.24, 2.45) is 5.10 Å². The van der Waals surface area contributed by atoms with Crippen molar-refractivity contribution in [2.45, 2.75) is 26.8 Å². The molecule has 0 aliphatic heterocycles. The highest BCUT2D eigenvalue weighted by Crippen LogP contribution is 1.97. The van der Waals surface area contributed by atoms with Gasteiger partial charge in [0.1, 0.15) is 6.42 Å². The van der Waals surface area contributed by atoms with Crippen LogP contribution in [0.4, 0.5) is 0 Å². The van der Waals surface area contributed by atoms with Crippen LogP contribution in [-0.4, -0.2) is 17.5 Å². The molecule has 0 atom stereocenters. The average molecular weight is 247 g/mol. The molecular weight excluding hydrogens is 230 g/mol. The summed E-state index contributed by atoms with van der Waals surface area (Å²) in [6.45, 7) is 3.94. The molecule has 2 N–H and O–H groups in total. The lowest BCUT2D eigenvalue weighted by molar-refractivity contribution is -0.129. The van der Waals surface area contributed by atoms with Gasteiger partial charge in [0, 0.05) is 12.3 Å². The van der Waals surface area contributed by atoms with Crippen molar-refractivity contribution in [1.82, 2.24) is 10.7 Å². The maximum absolute atomic E-state index is 11.5. The fourth-order valence-corrected chi connectivity index (χ4v) is 1.22. The Labute approximate surface area is 106 Å². The van der Waals surface area contributed by atoms with Crippen molar-refractivity contribution in [3.05, 3.63) is 35.9 Å². The topological polar surface area (TPSA) is 70.6 Å². The van der Waals surface area contributed by atoms with Gasteiger partial charge in [-0.25, -0.2) is 5.43 Å². The van der Waals surface area contributed by atoms with Crippen molar-refractivity contribution < 1.29 is 9.59 Å². The number of hydrogen-bond donors (Lipinski definition) is 2. The fourth-order valence-electron chi connectivity index (χ4n) is 1.22. The van der Waals surface area contributed by atoms with Gasteiger partial charge in [-0.15, -0.1) is 0 Å². The van der Waals surface area contributed by atoms with Gasteiger partial charge in [-0.05, 0) is 19.4 Å². The number of hydrazone groups is 1. The molecule has 0 saturated heterocycles. The van der Waals surface area contributed by atoms with Crippen LogP contribution >= 0.6 is 0 Å². The first-order valence-electron chi connectivity index (χ1n) is 5.68. The number of rotatable bonds is 5. The standard InChI is InChI=1S/C13H17N3O2/c1-10(2)15-16-13(18)8-12(17)14-9-11-6-4-3-5-7-11/h3-7H,8-9H2,1-2H3,(H,14,17)(H,16,18). The lowest BCUT2D eigenvalue weighted by atomic mass is 10.2. The molecule has 0 unspecified atom stereocenters. The molecule has 0 aliphatic carbocycles. The Balaban J connectivity index is 2.30. The molecule has 1 rings (SSSR count). The second-order valence-corrected chi connectivity index (χ2v) is 4.03. The van der Waals surface area contributed by atoms with E-state index in [0.29, 0.717) is 6.54 Å². The largest absolute Gasteiger partial charge is 0.352 e. The third-order valence-electron chi connectivity index (χ3n) is 2.06. The SMILES string of the molecule is CC(C)=NNC(=O)CC(=O)NCc1ccccc1. The van der Waals surface area contributed by atoms with Gasteiger partial charge in [0.15, 0.2) is 0 Å². The predicted molar refractivity (Wildman–Crippen MR) is 69.8 cm³/mol. The Bertz CT molecular complexity index is 437. The summed E-state index contributed by atoms with van der Waals surface area (Å²) < 4.78 is 0. The van der Waals surface area contributed by atoms with Crippen LogP contribution in [0.5, 0.6) is 0 Å². The molecule has 0 spiro atoms. The average Bonchev–Trinajstić information content (AvgIpc) is 2.35. The number of amides is 2. The summed E-state index contributed by atoms with van der Waals surface area (Å²) in [6.07, 6.45) is -0.219. The first-order valence-corrected chi connectivity index (χ1v) is 5.68. The molecule has 96 valence electrons. The highest BCUT2D eigenvalue weighted by molar-refractivity contribution is 5.97. The summed E-state index contributed by atoms with van der Waals surface area (Å²) in [5, 5.41) is 6.40. The minimum atomic E-state index is -0.415. The number of benzene rings is 1.